The Morgan fingerprint density at radius 2 is 1.82 bits per heavy atom. The summed E-state index contributed by atoms with van der Waals surface area (Å²) in [5.74, 6) is 0.275. The Kier molecular flexibility index (Phi) is 5.59. The highest BCUT2D eigenvalue weighted by Crippen LogP contribution is 2.35. The highest BCUT2D eigenvalue weighted by Gasteiger charge is 2.33. The third kappa shape index (κ3) is 4.21. The van der Waals surface area contributed by atoms with Gasteiger partial charge in [0, 0.05) is 11.4 Å². The van der Waals surface area contributed by atoms with E-state index < -0.39 is 6.17 Å². The van der Waals surface area contributed by atoms with Crippen LogP contribution in [0.2, 0.25) is 5.02 Å². The normalized spacial score (nSPS) is 15.0. The number of nitrogens with zero attached hydrogens (tertiary/aromatic N) is 1. The summed E-state index contributed by atoms with van der Waals surface area (Å²) >= 11 is 6.17. The lowest BCUT2D eigenvalue weighted by atomic mass is 10.0. The van der Waals surface area contributed by atoms with Gasteiger partial charge in [-0.05, 0) is 54.1 Å². The molecule has 2 N–H and O–H groups in total. The highest BCUT2D eigenvalue weighted by atomic mass is 35.5. The fraction of sp³-hybridized carbons (Fsp3) is 0.0769. The molecular weight excluding hydrogens is 438 g/mol. The van der Waals surface area contributed by atoms with Crippen molar-refractivity contribution in [1.29, 1.82) is 0 Å². The van der Waals surface area contributed by atoms with E-state index in [0.29, 0.717) is 34.1 Å². The van der Waals surface area contributed by atoms with E-state index in [2.05, 4.69) is 10.6 Å². The first kappa shape index (κ1) is 20.8. The van der Waals surface area contributed by atoms with E-state index in [-0.39, 0.29) is 11.8 Å². The van der Waals surface area contributed by atoms with Crippen LogP contribution < -0.4 is 10.6 Å². The third-order valence-electron chi connectivity index (χ3n) is 5.51. The number of hydrogen-bond donors (Lipinski definition) is 2. The van der Waals surface area contributed by atoms with Gasteiger partial charge in [0.05, 0.1) is 29.0 Å². The maximum absolute atomic E-state index is 13.4. The number of anilines is 2. The van der Waals surface area contributed by atoms with Crippen LogP contribution in [0.3, 0.4) is 0 Å². The first-order valence-electron chi connectivity index (χ1n) is 10.4. The van der Waals surface area contributed by atoms with E-state index >= 15 is 0 Å². The summed E-state index contributed by atoms with van der Waals surface area (Å²) in [4.78, 5) is 27.8. The lowest BCUT2D eigenvalue weighted by Gasteiger charge is -2.37. The molecular formula is C26H20ClN3O3. The lowest BCUT2D eigenvalue weighted by molar-refractivity contribution is 0.0651. The summed E-state index contributed by atoms with van der Waals surface area (Å²) in [6.45, 7) is 0.300. The standard InChI is InChI=1S/C26H20ClN3O3/c27-22-12-3-1-10-20(22)25(31)28-18-8-5-7-17(15-18)24-29-23-13-4-2-11-21(23)26(32)30(24)16-19-9-6-14-33-19/h1-15,24,29H,16H2,(H,28,31). The number of halogens is 1. The van der Waals surface area contributed by atoms with Crippen molar-refractivity contribution in [2.75, 3.05) is 10.6 Å². The molecule has 1 aliphatic rings. The topological polar surface area (TPSA) is 74.6 Å². The van der Waals surface area contributed by atoms with Crippen LogP contribution in [-0.4, -0.2) is 16.7 Å². The van der Waals surface area contributed by atoms with Crippen molar-refractivity contribution in [1.82, 2.24) is 4.90 Å². The maximum Gasteiger partial charge on any atom is 0.258 e. The molecule has 5 rings (SSSR count). The molecule has 1 aliphatic heterocycles. The molecule has 7 heteroatoms. The molecule has 0 spiro atoms. The van der Waals surface area contributed by atoms with Gasteiger partial charge < -0.3 is 20.0 Å². The molecule has 0 saturated carbocycles. The Morgan fingerprint density at radius 3 is 2.64 bits per heavy atom. The minimum atomic E-state index is -0.449. The number of para-hydroxylation sites is 1. The zero-order chi connectivity index (χ0) is 22.8. The molecule has 2 heterocycles. The van der Waals surface area contributed by atoms with E-state index in [9.17, 15) is 9.59 Å². The molecule has 0 saturated heterocycles. The molecule has 0 fully saturated rings. The van der Waals surface area contributed by atoms with Gasteiger partial charge in [0.15, 0.2) is 0 Å². The monoisotopic (exact) mass is 457 g/mol. The summed E-state index contributed by atoms with van der Waals surface area (Å²) in [6.07, 6.45) is 1.14. The van der Waals surface area contributed by atoms with Crippen LogP contribution in [0.15, 0.2) is 95.6 Å². The van der Waals surface area contributed by atoms with Gasteiger partial charge in [0.1, 0.15) is 11.9 Å². The zero-order valence-electron chi connectivity index (χ0n) is 17.5. The van der Waals surface area contributed by atoms with Crippen molar-refractivity contribution in [2.24, 2.45) is 0 Å². The molecule has 0 bridgehead atoms. The van der Waals surface area contributed by atoms with Gasteiger partial charge in [-0.3, -0.25) is 9.59 Å². The second kappa shape index (κ2) is 8.84. The van der Waals surface area contributed by atoms with Crippen LogP contribution in [0.5, 0.6) is 0 Å². The number of carbonyl (C=O) groups excluding carboxylic acids is 2. The van der Waals surface area contributed by atoms with Crippen LogP contribution in [0.1, 0.15) is 38.2 Å². The third-order valence-corrected chi connectivity index (χ3v) is 5.84. The van der Waals surface area contributed by atoms with Crippen LogP contribution in [-0.2, 0) is 6.54 Å². The van der Waals surface area contributed by atoms with Crippen molar-refractivity contribution < 1.29 is 14.0 Å². The number of rotatable bonds is 5. The molecule has 6 nitrogen and oxygen atoms in total. The Balaban J connectivity index is 1.47. The molecule has 164 valence electrons. The Bertz CT molecular complexity index is 1320. The molecule has 33 heavy (non-hydrogen) atoms. The summed E-state index contributed by atoms with van der Waals surface area (Å²) in [7, 11) is 0. The van der Waals surface area contributed by atoms with Crippen molar-refractivity contribution in [3.8, 4) is 0 Å². The van der Waals surface area contributed by atoms with Crippen molar-refractivity contribution in [3.63, 3.8) is 0 Å². The first-order valence-corrected chi connectivity index (χ1v) is 10.8. The first-order chi connectivity index (χ1) is 16.1. The molecule has 1 aromatic heterocycles. The van der Waals surface area contributed by atoms with E-state index in [1.165, 1.54) is 0 Å². The number of benzene rings is 3. The van der Waals surface area contributed by atoms with E-state index in [1.54, 1.807) is 53.6 Å². The minimum Gasteiger partial charge on any atom is -0.467 e. The molecule has 3 aromatic carbocycles. The van der Waals surface area contributed by atoms with Gasteiger partial charge >= 0.3 is 0 Å². The average Bonchev–Trinajstić information content (AvgIpc) is 3.34. The van der Waals surface area contributed by atoms with E-state index in [0.717, 1.165) is 11.3 Å². The summed E-state index contributed by atoms with van der Waals surface area (Å²) in [5.41, 5.74) is 3.17. The van der Waals surface area contributed by atoms with Crippen LogP contribution >= 0.6 is 11.6 Å². The Morgan fingerprint density at radius 1 is 1.00 bits per heavy atom. The average molecular weight is 458 g/mol. The summed E-state index contributed by atoms with van der Waals surface area (Å²) < 4.78 is 5.50. The van der Waals surface area contributed by atoms with Gasteiger partial charge in [0.2, 0.25) is 0 Å². The second-order valence-corrected chi connectivity index (χ2v) is 8.07. The predicted octanol–water partition coefficient (Wildman–Crippen LogP) is 5.95. The number of carbonyl (C=O) groups is 2. The van der Waals surface area contributed by atoms with Gasteiger partial charge in [-0.15, -0.1) is 0 Å². The quantitative estimate of drug-likeness (QED) is 0.388. The predicted molar refractivity (Wildman–Crippen MR) is 127 cm³/mol. The molecule has 1 atom stereocenters. The number of hydrogen-bond acceptors (Lipinski definition) is 4. The number of fused-ring (bicyclic) bond motifs is 1. The van der Waals surface area contributed by atoms with Gasteiger partial charge in [-0.2, -0.15) is 0 Å². The summed E-state index contributed by atoms with van der Waals surface area (Å²) in [6, 6.07) is 25.3. The van der Waals surface area contributed by atoms with Gasteiger partial charge in [-0.25, -0.2) is 0 Å². The van der Waals surface area contributed by atoms with Crippen LogP contribution in [0.4, 0.5) is 11.4 Å². The van der Waals surface area contributed by atoms with Gasteiger partial charge in [0.25, 0.3) is 11.8 Å². The van der Waals surface area contributed by atoms with E-state index in [1.807, 2.05) is 42.5 Å². The van der Waals surface area contributed by atoms with Crippen LogP contribution in [0.25, 0.3) is 0 Å². The summed E-state index contributed by atoms with van der Waals surface area (Å²) in [5, 5.41) is 6.73. The number of nitrogens with one attached hydrogen (secondary N) is 2. The lowest BCUT2D eigenvalue weighted by Crippen LogP contribution is -2.42. The molecule has 1 unspecified atom stereocenters. The zero-order valence-corrected chi connectivity index (χ0v) is 18.3. The fourth-order valence-electron chi connectivity index (χ4n) is 3.92. The second-order valence-electron chi connectivity index (χ2n) is 7.66. The van der Waals surface area contributed by atoms with Gasteiger partial charge in [-0.1, -0.05) is 48.0 Å². The molecule has 2 amide bonds. The number of furan rings is 1. The molecule has 0 aliphatic carbocycles. The van der Waals surface area contributed by atoms with E-state index in [4.69, 9.17) is 16.0 Å². The van der Waals surface area contributed by atoms with Crippen molar-refractivity contribution in [2.45, 2.75) is 12.7 Å². The largest absolute Gasteiger partial charge is 0.467 e. The SMILES string of the molecule is O=C(Nc1cccc(C2Nc3ccccc3C(=O)N2Cc2ccco2)c1)c1ccccc1Cl. The van der Waals surface area contributed by atoms with Crippen LogP contribution in [0, 0.1) is 0 Å². The van der Waals surface area contributed by atoms with Crippen molar-refractivity contribution in [3.05, 3.63) is 119 Å². The number of amides is 2. The minimum absolute atomic E-state index is 0.101. The maximum atomic E-state index is 13.4. The van der Waals surface area contributed by atoms with Crippen molar-refractivity contribution >= 4 is 34.8 Å². The fourth-order valence-corrected chi connectivity index (χ4v) is 4.14. The molecule has 4 aromatic rings. The highest BCUT2D eigenvalue weighted by molar-refractivity contribution is 6.34. The smallest absolute Gasteiger partial charge is 0.258 e. The molecule has 0 radical (unpaired) electrons. The Labute approximate surface area is 195 Å². The Hall–Kier alpha value is -4.03.